The van der Waals surface area contributed by atoms with Crippen molar-refractivity contribution < 1.29 is 6.22 Å². The van der Waals surface area contributed by atoms with Gasteiger partial charge in [0.1, 0.15) is 6.79 Å². The highest BCUT2D eigenvalue weighted by atomic mass is 16.1. The first kappa shape index (κ1) is 15.8. The summed E-state index contributed by atoms with van der Waals surface area (Å²) in [4.78, 5) is 8.00. The molecule has 0 radical (unpaired) electrons. The molecule has 4 unspecified atom stereocenters. The molecule has 1 aromatic rings. The summed E-state index contributed by atoms with van der Waals surface area (Å²) in [6, 6.07) is 7.26. The second-order valence-electron chi connectivity index (χ2n) is 8.14. The van der Waals surface area contributed by atoms with Crippen molar-refractivity contribution >= 4 is 6.79 Å². The van der Waals surface area contributed by atoms with Gasteiger partial charge in [0.2, 0.25) is 0 Å². The van der Waals surface area contributed by atoms with E-state index in [-0.39, 0.29) is 1.43 Å². The Bertz CT molecular complexity index is 555. The van der Waals surface area contributed by atoms with Crippen LogP contribution in [0.15, 0.2) is 18.2 Å². The minimum Gasteiger partial charge on any atom is -0.307 e. The predicted octanol–water partition coefficient (Wildman–Crippen LogP) is 5.55. The van der Waals surface area contributed by atoms with Crippen LogP contribution in [0.3, 0.4) is 0 Å². The van der Waals surface area contributed by atoms with E-state index in [1.807, 2.05) is 6.79 Å². The second-order valence-corrected chi connectivity index (χ2v) is 8.14. The topological polar surface area (TPSA) is 17.1 Å². The maximum Gasteiger partial charge on any atom is 0.106 e. The molecule has 0 saturated heterocycles. The molecule has 2 fully saturated rings. The zero-order valence-corrected chi connectivity index (χ0v) is 14.4. The van der Waals surface area contributed by atoms with Gasteiger partial charge >= 0.3 is 0 Å². The van der Waals surface area contributed by atoms with Crippen LogP contribution in [-0.4, -0.2) is 6.79 Å². The van der Waals surface area contributed by atoms with Crippen molar-refractivity contribution in [3.8, 4) is 0 Å². The number of hydrogen-bond donors (Lipinski definition) is 0. The van der Waals surface area contributed by atoms with Crippen LogP contribution in [0.2, 0.25) is 0 Å². The molecule has 5 atom stereocenters. The lowest BCUT2D eigenvalue weighted by Gasteiger charge is -2.50. The molecular formula is C21H32O. The molecule has 4 rings (SSSR count). The van der Waals surface area contributed by atoms with Crippen LogP contribution in [0.5, 0.6) is 0 Å². The first-order chi connectivity index (χ1) is 10.6. The molecule has 22 heavy (non-hydrogen) atoms. The Balaban J connectivity index is 0.000000617. The van der Waals surface area contributed by atoms with Gasteiger partial charge in [-0.05, 0) is 85.7 Å². The van der Waals surface area contributed by atoms with Crippen LogP contribution in [-0.2, 0) is 11.2 Å². The average Bonchev–Trinajstić information content (AvgIpc) is 2.84. The van der Waals surface area contributed by atoms with E-state index >= 15 is 0 Å². The third-order valence-electron chi connectivity index (χ3n) is 7.36. The summed E-state index contributed by atoms with van der Waals surface area (Å²) in [5.41, 5.74) is 5.48. The lowest BCUT2D eigenvalue weighted by molar-refractivity contribution is -0.0979. The SMILES string of the molecule is C=O.Cc1ccc2c(c1)CCC1C2CC[C@]2(C)C(C)CCC12.[HH]. The third-order valence-corrected chi connectivity index (χ3v) is 7.36. The Morgan fingerprint density at radius 3 is 2.73 bits per heavy atom. The van der Waals surface area contributed by atoms with E-state index in [1.165, 1.54) is 44.1 Å². The van der Waals surface area contributed by atoms with E-state index in [0.717, 1.165) is 23.7 Å². The molecule has 3 aliphatic rings. The zero-order valence-electron chi connectivity index (χ0n) is 14.4. The van der Waals surface area contributed by atoms with Crippen molar-refractivity contribution in [3.63, 3.8) is 0 Å². The van der Waals surface area contributed by atoms with Crippen molar-refractivity contribution in [2.45, 2.75) is 65.2 Å². The average molecular weight is 300 g/mol. The number of hydrogen-bond acceptors (Lipinski definition) is 1. The van der Waals surface area contributed by atoms with Crippen molar-refractivity contribution in [2.24, 2.45) is 23.2 Å². The van der Waals surface area contributed by atoms with E-state index in [0.29, 0.717) is 5.41 Å². The molecule has 0 amide bonds. The molecule has 2 saturated carbocycles. The summed E-state index contributed by atoms with van der Waals surface area (Å²) in [5, 5.41) is 0. The Hall–Kier alpha value is -1.11. The molecule has 0 N–H and O–H groups in total. The van der Waals surface area contributed by atoms with Gasteiger partial charge < -0.3 is 4.79 Å². The van der Waals surface area contributed by atoms with E-state index in [2.05, 4.69) is 39.0 Å². The van der Waals surface area contributed by atoms with Crippen LogP contribution >= 0.6 is 0 Å². The van der Waals surface area contributed by atoms with Crippen molar-refractivity contribution in [2.75, 3.05) is 0 Å². The zero-order chi connectivity index (χ0) is 15.9. The molecule has 122 valence electrons. The normalized spacial score (nSPS) is 39.0. The molecule has 1 heteroatoms. The fourth-order valence-corrected chi connectivity index (χ4v) is 5.97. The Labute approximate surface area is 137 Å². The van der Waals surface area contributed by atoms with Crippen molar-refractivity contribution in [3.05, 3.63) is 34.9 Å². The first-order valence-corrected chi connectivity index (χ1v) is 8.98. The summed E-state index contributed by atoms with van der Waals surface area (Å²) in [6.45, 7) is 9.36. The summed E-state index contributed by atoms with van der Waals surface area (Å²) in [7, 11) is 0. The fourth-order valence-electron chi connectivity index (χ4n) is 5.97. The van der Waals surface area contributed by atoms with Gasteiger partial charge in [-0.15, -0.1) is 0 Å². The maximum absolute atomic E-state index is 8.00. The van der Waals surface area contributed by atoms with Gasteiger partial charge in [-0.1, -0.05) is 37.6 Å². The monoisotopic (exact) mass is 300 g/mol. The molecule has 0 aliphatic heterocycles. The summed E-state index contributed by atoms with van der Waals surface area (Å²) >= 11 is 0. The van der Waals surface area contributed by atoms with Crippen LogP contribution < -0.4 is 0 Å². The number of carbonyl (C=O) groups is 1. The Morgan fingerprint density at radius 2 is 1.95 bits per heavy atom. The van der Waals surface area contributed by atoms with Gasteiger partial charge in [0, 0.05) is 1.43 Å². The molecule has 0 spiro atoms. The van der Waals surface area contributed by atoms with E-state index in [4.69, 9.17) is 4.79 Å². The maximum atomic E-state index is 8.00. The third kappa shape index (κ3) is 2.25. The molecule has 1 aromatic carbocycles. The lowest BCUT2D eigenvalue weighted by atomic mass is 9.54. The van der Waals surface area contributed by atoms with Crippen molar-refractivity contribution in [1.82, 2.24) is 0 Å². The minimum atomic E-state index is 0. The van der Waals surface area contributed by atoms with Crippen LogP contribution in [0, 0.1) is 30.1 Å². The number of rotatable bonds is 0. The molecule has 0 aromatic heterocycles. The summed E-state index contributed by atoms with van der Waals surface area (Å²) in [6.07, 6.45) is 8.67. The Kier molecular flexibility index (Phi) is 4.18. The highest BCUT2D eigenvalue weighted by Crippen LogP contribution is 2.62. The molecular weight excluding hydrogens is 268 g/mol. The lowest BCUT2D eigenvalue weighted by Crippen LogP contribution is -2.41. The number of carbonyl (C=O) groups excluding carboxylic acids is 1. The number of fused-ring (bicyclic) bond motifs is 5. The molecule has 1 nitrogen and oxygen atoms in total. The van der Waals surface area contributed by atoms with E-state index in [9.17, 15) is 0 Å². The van der Waals surface area contributed by atoms with Gasteiger partial charge in [0.05, 0.1) is 0 Å². The molecule has 0 bridgehead atoms. The minimum absolute atomic E-state index is 0. The largest absolute Gasteiger partial charge is 0.307 e. The highest BCUT2D eigenvalue weighted by molar-refractivity contribution is 5.37. The standard InChI is InChI=1S/C20H28.CH2O.H2/c1-13-4-7-16-15(12-13)6-8-18-17(16)10-11-20(3)14(2)5-9-19(18)20;1-2;/h4,7,12,14,17-19H,5-6,8-11H2,1-3H3;1H2;1H/t14?,17?,18?,19?,20-;;/m1../s1. The Morgan fingerprint density at radius 1 is 1.18 bits per heavy atom. The molecule has 0 heterocycles. The van der Waals surface area contributed by atoms with Crippen molar-refractivity contribution in [1.29, 1.82) is 0 Å². The first-order valence-electron chi connectivity index (χ1n) is 8.98. The fraction of sp³-hybridized carbons (Fsp3) is 0.667. The van der Waals surface area contributed by atoms with Gasteiger partial charge in [0.25, 0.3) is 0 Å². The highest BCUT2D eigenvalue weighted by Gasteiger charge is 2.53. The summed E-state index contributed by atoms with van der Waals surface area (Å²) < 4.78 is 0. The van der Waals surface area contributed by atoms with Crippen LogP contribution in [0.25, 0.3) is 0 Å². The van der Waals surface area contributed by atoms with Crippen LogP contribution in [0.4, 0.5) is 0 Å². The van der Waals surface area contributed by atoms with Gasteiger partial charge in [-0.3, -0.25) is 0 Å². The quantitative estimate of drug-likeness (QED) is 0.614. The van der Waals surface area contributed by atoms with Gasteiger partial charge in [0.15, 0.2) is 0 Å². The summed E-state index contributed by atoms with van der Waals surface area (Å²) in [5.74, 6) is 3.81. The smallest absolute Gasteiger partial charge is 0.106 e. The van der Waals surface area contributed by atoms with Gasteiger partial charge in [-0.2, -0.15) is 0 Å². The van der Waals surface area contributed by atoms with Gasteiger partial charge in [-0.25, -0.2) is 0 Å². The van der Waals surface area contributed by atoms with E-state index in [1.54, 1.807) is 11.1 Å². The van der Waals surface area contributed by atoms with E-state index < -0.39 is 0 Å². The van der Waals surface area contributed by atoms with Crippen LogP contribution in [0.1, 0.15) is 70.0 Å². The number of benzene rings is 1. The predicted molar refractivity (Wildman–Crippen MR) is 94.2 cm³/mol. The molecule has 3 aliphatic carbocycles. The second kappa shape index (κ2) is 5.83. The number of aryl methyl sites for hydroxylation is 2.